The minimum absolute atomic E-state index is 0. The molecule has 0 heterocycles. The molecule has 4 radical (unpaired) electrons. The SMILES string of the molecule is C=[N+]=[N-].[Pb]. The summed E-state index contributed by atoms with van der Waals surface area (Å²) in [5, 5.41) is 0. The van der Waals surface area contributed by atoms with E-state index in [4.69, 9.17) is 5.53 Å². The van der Waals surface area contributed by atoms with E-state index in [1.807, 2.05) is 0 Å². The van der Waals surface area contributed by atoms with E-state index in [9.17, 15) is 0 Å². The number of hydrogen-bond acceptors (Lipinski definition) is 0. The fourth-order valence-corrected chi connectivity index (χ4v) is 0. The third-order valence-corrected chi connectivity index (χ3v) is 0. The van der Waals surface area contributed by atoms with Gasteiger partial charge in [-0.1, -0.05) is 0 Å². The van der Waals surface area contributed by atoms with E-state index in [0.29, 0.717) is 0 Å². The maximum absolute atomic E-state index is 7.08. The second kappa shape index (κ2) is 10.3. The van der Waals surface area contributed by atoms with Gasteiger partial charge in [0.2, 0.25) is 6.72 Å². The Kier molecular flexibility index (Phi) is 22.8. The van der Waals surface area contributed by atoms with Crippen LogP contribution >= 0.6 is 0 Å². The predicted molar refractivity (Wildman–Crippen MR) is 16.5 cm³/mol. The van der Waals surface area contributed by atoms with E-state index in [1.54, 1.807) is 0 Å². The third-order valence-electron chi connectivity index (χ3n) is 0. The zero-order valence-electron chi connectivity index (χ0n) is 2.10. The van der Waals surface area contributed by atoms with Crippen molar-refractivity contribution in [3.63, 3.8) is 0 Å². The van der Waals surface area contributed by atoms with E-state index >= 15 is 0 Å². The van der Waals surface area contributed by atoms with Gasteiger partial charge in [-0.3, -0.25) is 0 Å². The van der Waals surface area contributed by atoms with Crippen molar-refractivity contribution in [3.05, 3.63) is 5.53 Å². The smallest absolute Gasteiger partial charge is 0.245 e. The molecule has 0 rings (SSSR count). The topological polar surface area (TPSA) is 36.4 Å². The van der Waals surface area contributed by atoms with Gasteiger partial charge >= 0.3 is 0 Å². The summed E-state index contributed by atoms with van der Waals surface area (Å²) in [6.45, 7) is 2.67. The van der Waals surface area contributed by atoms with Crippen LogP contribution in [-0.4, -0.2) is 38.8 Å². The van der Waals surface area contributed by atoms with Crippen LogP contribution in [0.1, 0.15) is 0 Å². The minimum Gasteiger partial charge on any atom is -0.362 e. The van der Waals surface area contributed by atoms with Gasteiger partial charge in [0.15, 0.2) is 0 Å². The van der Waals surface area contributed by atoms with Crippen LogP contribution in [0.2, 0.25) is 0 Å². The van der Waals surface area contributed by atoms with Crippen molar-refractivity contribution in [2.45, 2.75) is 0 Å². The first kappa shape index (κ1) is 8.85. The zero-order valence-corrected chi connectivity index (χ0v) is 5.99. The first-order valence-electron chi connectivity index (χ1n) is 0.516. The summed E-state index contributed by atoms with van der Waals surface area (Å²) in [6, 6.07) is 0. The average Bonchev–Trinajstić information content (AvgIpc) is 0.918. The van der Waals surface area contributed by atoms with Crippen LogP contribution in [0.15, 0.2) is 0 Å². The van der Waals surface area contributed by atoms with E-state index in [1.165, 1.54) is 0 Å². The van der Waals surface area contributed by atoms with Crippen LogP contribution < -0.4 is 0 Å². The van der Waals surface area contributed by atoms with Gasteiger partial charge in [0, 0.05) is 27.3 Å². The van der Waals surface area contributed by atoms with E-state index in [2.05, 4.69) is 11.5 Å². The molecule has 0 bridgehead atoms. The van der Waals surface area contributed by atoms with Crippen LogP contribution in [0.3, 0.4) is 0 Å². The summed E-state index contributed by atoms with van der Waals surface area (Å²) in [4.78, 5) is 2.25. The van der Waals surface area contributed by atoms with E-state index < -0.39 is 0 Å². The van der Waals surface area contributed by atoms with Gasteiger partial charge in [-0.15, -0.1) is 0 Å². The molecule has 20 valence electrons. The summed E-state index contributed by atoms with van der Waals surface area (Å²) in [5.41, 5.74) is 7.08. The Balaban J connectivity index is 0. The third kappa shape index (κ3) is 42.8. The standard InChI is InChI=1S/CH2N2.Pb/c1-3-2;/h1H2;. The van der Waals surface area contributed by atoms with Crippen LogP contribution in [0.5, 0.6) is 0 Å². The summed E-state index contributed by atoms with van der Waals surface area (Å²) >= 11 is 0. The Bertz CT molecular complexity index is 27.0. The monoisotopic (exact) mass is 250 g/mol. The first-order chi connectivity index (χ1) is 1.41. The molecule has 0 aliphatic heterocycles. The largest absolute Gasteiger partial charge is 0.362 e. The Morgan fingerprint density at radius 2 is 1.75 bits per heavy atom. The van der Waals surface area contributed by atoms with Crippen LogP contribution in [0, 0.1) is 0 Å². The molecule has 0 saturated heterocycles. The maximum Gasteiger partial charge on any atom is 0.245 e. The van der Waals surface area contributed by atoms with E-state index in [-0.39, 0.29) is 27.3 Å². The molecule has 0 aromatic rings. The van der Waals surface area contributed by atoms with Gasteiger partial charge in [0.1, 0.15) is 0 Å². The molecule has 0 N–H and O–H groups in total. The molecule has 0 aliphatic rings. The second-order valence-electron chi connectivity index (χ2n) is 0.141. The zero-order chi connectivity index (χ0) is 2.71. The van der Waals surface area contributed by atoms with Crippen molar-refractivity contribution in [2.24, 2.45) is 0 Å². The van der Waals surface area contributed by atoms with Gasteiger partial charge in [-0.05, 0) is 0 Å². The molecule has 0 fully saturated rings. The Morgan fingerprint density at radius 3 is 1.75 bits per heavy atom. The molecule has 2 nitrogen and oxygen atoms in total. The average molecular weight is 249 g/mol. The van der Waals surface area contributed by atoms with Crippen molar-refractivity contribution in [2.75, 3.05) is 0 Å². The molecule has 0 saturated carbocycles. The summed E-state index contributed by atoms with van der Waals surface area (Å²) in [7, 11) is 0. The molecule has 4 heavy (non-hydrogen) atoms. The quantitative estimate of drug-likeness (QED) is 0.241. The van der Waals surface area contributed by atoms with Gasteiger partial charge < -0.3 is 5.53 Å². The minimum atomic E-state index is 0. The second-order valence-corrected chi connectivity index (χ2v) is 0.141. The van der Waals surface area contributed by atoms with Crippen molar-refractivity contribution >= 4 is 34.0 Å². The molecule has 0 aromatic heterocycles. The number of nitrogens with zero attached hydrogens (tertiary/aromatic N) is 2. The van der Waals surface area contributed by atoms with Crippen molar-refractivity contribution < 1.29 is 4.79 Å². The molecule has 0 unspecified atom stereocenters. The van der Waals surface area contributed by atoms with Gasteiger partial charge in [-0.25, -0.2) is 0 Å². The number of rotatable bonds is 0. The molecular formula is CH2N2Pb. The molecule has 0 aromatic carbocycles. The van der Waals surface area contributed by atoms with Crippen LogP contribution in [-0.2, 0) is 0 Å². The molecule has 0 spiro atoms. The van der Waals surface area contributed by atoms with Gasteiger partial charge in [-0.2, -0.15) is 4.79 Å². The maximum atomic E-state index is 7.08. The van der Waals surface area contributed by atoms with Gasteiger partial charge in [0.25, 0.3) is 0 Å². The normalized spacial score (nSPS) is 2.00. The molecular weight excluding hydrogens is 247 g/mol. The van der Waals surface area contributed by atoms with Crippen molar-refractivity contribution in [1.29, 1.82) is 0 Å². The van der Waals surface area contributed by atoms with E-state index in [0.717, 1.165) is 0 Å². The van der Waals surface area contributed by atoms with Crippen LogP contribution in [0.25, 0.3) is 5.53 Å². The van der Waals surface area contributed by atoms with Crippen molar-refractivity contribution in [1.82, 2.24) is 0 Å². The fourth-order valence-electron chi connectivity index (χ4n) is 0. The molecule has 0 aliphatic carbocycles. The van der Waals surface area contributed by atoms with Gasteiger partial charge in [0.05, 0.1) is 0 Å². The predicted octanol–water partition coefficient (Wildman–Crippen LogP) is -0.464. The first-order valence-corrected chi connectivity index (χ1v) is 0.516. The van der Waals surface area contributed by atoms with Crippen molar-refractivity contribution in [3.8, 4) is 0 Å². The fraction of sp³-hybridized carbons (Fsp3) is 0. The summed E-state index contributed by atoms with van der Waals surface area (Å²) < 4.78 is 0. The molecule has 0 atom stereocenters. The Morgan fingerprint density at radius 1 is 1.75 bits per heavy atom. The van der Waals surface area contributed by atoms with Crippen LogP contribution in [0.4, 0.5) is 0 Å². The summed E-state index contributed by atoms with van der Waals surface area (Å²) in [5.74, 6) is 0. The molecule has 3 heteroatoms. The Hall–Kier alpha value is 0.302. The summed E-state index contributed by atoms with van der Waals surface area (Å²) in [6.07, 6.45) is 0. The Labute approximate surface area is 44.6 Å². The number of hydrogen-bond donors (Lipinski definition) is 0. The molecule has 0 amide bonds.